The van der Waals surface area contributed by atoms with Crippen molar-refractivity contribution in [1.29, 1.82) is 0 Å². The molecule has 3 rings (SSSR count). The molecule has 0 saturated carbocycles. The molecule has 1 saturated heterocycles. The molecule has 2 nitrogen and oxygen atoms in total. The second kappa shape index (κ2) is 7.37. The van der Waals surface area contributed by atoms with Crippen molar-refractivity contribution in [2.24, 2.45) is 0 Å². The van der Waals surface area contributed by atoms with Gasteiger partial charge in [0.05, 0.1) is 12.2 Å². The SMILES string of the molecule is OCC1(c2ccc(C(F)(F)F)cc2F)CCN(Cc2ccccc2)CC1. The normalized spacial score (nSPS) is 18.0. The summed E-state index contributed by atoms with van der Waals surface area (Å²) in [5.74, 6) is -0.898. The number of benzene rings is 2. The first kappa shape index (κ1) is 18.9. The van der Waals surface area contributed by atoms with Crippen LogP contribution in [-0.2, 0) is 18.1 Å². The Morgan fingerprint density at radius 3 is 2.19 bits per heavy atom. The molecule has 1 aliphatic rings. The monoisotopic (exact) mass is 367 g/mol. The number of nitrogens with zero attached hydrogens (tertiary/aromatic N) is 1. The van der Waals surface area contributed by atoms with Gasteiger partial charge in [0.15, 0.2) is 0 Å². The van der Waals surface area contributed by atoms with E-state index in [0.29, 0.717) is 32.0 Å². The van der Waals surface area contributed by atoms with Gasteiger partial charge in [-0.2, -0.15) is 13.2 Å². The van der Waals surface area contributed by atoms with Gasteiger partial charge in [0, 0.05) is 12.0 Å². The van der Waals surface area contributed by atoms with Gasteiger partial charge >= 0.3 is 6.18 Å². The number of aliphatic hydroxyl groups is 1. The first-order valence-electron chi connectivity index (χ1n) is 8.58. The van der Waals surface area contributed by atoms with Gasteiger partial charge in [-0.3, -0.25) is 4.90 Å². The van der Waals surface area contributed by atoms with Crippen molar-refractivity contribution in [3.05, 3.63) is 71.0 Å². The molecule has 0 aliphatic carbocycles. The van der Waals surface area contributed by atoms with Crippen molar-refractivity contribution >= 4 is 0 Å². The molecule has 140 valence electrons. The van der Waals surface area contributed by atoms with Gasteiger partial charge in [0.25, 0.3) is 0 Å². The Labute approximate surface area is 150 Å². The van der Waals surface area contributed by atoms with Crippen LogP contribution in [-0.4, -0.2) is 29.7 Å². The van der Waals surface area contributed by atoms with E-state index < -0.39 is 23.0 Å². The van der Waals surface area contributed by atoms with E-state index in [2.05, 4.69) is 4.90 Å². The van der Waals surface area contributed by atoms with Crippen LogP contribution in [0.2, 0.25) is 0 Å². The zero-order chi connectivity index (χ0) is 18.8. The van der Waals surface area contributed by atoms with Crippen LogP contribution >= 0.6 is 0 Å². The molecule has 1 fully saturated rings. The van der Waals surface area contributed by atoms with E-state index >= 15 is 0 Å². The van der Waals surface area contributed by atoms with E-state index in [1.165, 1.54) is 11.6 Å². The lowest BCUT2D eigenvalue weighted by Gasteiger charge is -2.41. The smallest absolute Gasteiger partial charge is 0.395 e. The third-order valence-corrected chi connectivity index (χ3v) is 5.23. The van der Waals surface area contributed by atoms with E-state index in [1.807, 2.05) is 30.3 Å². The summed E-state index contributed by atoms with van der Waals surface area (Å²) in [7, 11) is 0. The second-order valence-corrected chi connectivity index (χ2v) is 6.89. The van der Waals surface area contributed by atoms with E-state index in [1.54, 1.807) is 0 Å². The van der Waals surface area contributed by atoms with E-state index in [4.69, 9.17) is 0 Å². The summed E-state index contributed by atoms with van der Waals surface area (Å²) in [5.41, 5.74) is -0.494. The highest BCUT2D eigenvalue weighted by atomic mass is 19.4. The highest BCUT2D eigenvalue weighted by Crippen LogP contribution is 2.39. The minimum Gasteiger partial charge on any atom is -0.395 e. The minimum absolute atomic E-state index is 0.173. The topological polar surface area (TPSA) is 23.5 Å². The van der Waals surface area contributed by atoms with Crippen molar-refractivity contribution in [3.8, 4) is 0 Å². The number of hydrogen-bond donors (Lipinski definition) is 1. The maximum absolute atomic E-state index is 14.4. The quantitative estimate of drug-likeness (QED) is 0.811. The molecule has 2 aromatic carbocycles. The summed E-state index contributed by atoms with van der Waals surface area (Å²) >= 11 is 0. The maximum atomic E-state index is 14.4. The van der Waals surface area contributed by atoms with E-state index in [0.717, 1.165) is 12.6 Å². The van der Waals surface area contributed by atoms with Crippen molar-refractivity contribution < 1.29 is 22.7 Å². The Kier molecular flexibility index (Phi) is 5.34. The molecule has 0 aromatic heterocycles. The Bertz CT molecular complexity index is 737. The van der Waals surface area contributed by atoms with Crippen LogP contribution in [0.1, 0.15) is 29.5 Å². The molecule has 1 heterocycles. The number of halogens is 4. The Morgan fingerprint density at radius 1 is 1.00 bits per heavy atom. The second-order valence-electron chi connectivity index (χ2n) is 6.89. The fraction of sp³-hybridized carbons (Fsp3) is 0.400. The Morgan fingerprint density at radius 2 is 1.65 bits per heavy atom. The molecular formula is C20H21F4NO. The third-order valence-electron chi connectivity index (χ3n) is 5.23. The first-order chi connectivity index (χ1) is 12.3. The minimum atomic E-state index is -4.58. The fourth-order valence-electron chi connectivity index (χ4n) is 3.61. The molecule has 6 heteroatoms. The van der Waals surface area contributed by atoms with Crippen molar-refractivity contribution in [2.45, 2.75) is 31.0 Å². The van der Waals surface area contributed by atoms with Crippen LogP contribution in [0.3, 0.4) is 0 Å². The molecule has 2 aromatic rings. The zero-order valence-corrected chi connectivity index (χ0v) is 14.3. The van der Waals surface area contributed by atoms with Crippen LogP contribution < -0.4 is 0 Å². The molecule has 0 unspecified atom stereocenters. The summed E-state index contributed by atoms with van der Waals surface area (Å²) in [6, 6.07) is 12.6. The van der Waals surface area contributed by atoms with Crippen LogP contribution in [0.4, 0.5) is 17.6 Å². The van der Waals surface area contributed by atoms with Gasteiger partial charge in [-0.25, -0.2) is 4.39 Å². The number of alkyl halides is 3. The standard InChI is InChI=1S/C20H21F4NO/c21-18-12-16(20(22,23)24)6-7-17(18)19(14-26)8-10-25(11-9-19)13-15-4-2-1-3-5-15/h1-7,12,26H,8-11,13-14H2. The molecule has 1 aliphatic heterocycles. The summed E-state index contributed by atoms with van der Waals surface area (Å²) in [6.45, 7) is 1.78. The molecule has 26 heavy (non-hydrogen) atoms. The lowest BCUT2D eigenvalue weighted by atomic mass is 9.73. The van der Waals surface area contributed by atoms with Gasteiger partial charge in [0.1, 0.15) is 5.82 Å². The van der Waals surface area contributed by atoms with Gasteiger partial charge in [0.2, 0.25) is 0 Å². The lowest BCUT2D eigenvalue weighted by molar-refractivity contribution is -0.137. The maximum Gasteiger partial charge on any atom is 0.416 e. The zero-order valence-electron chi connectivity index (χ0n) is 14.3. The van der Waals surface area contributed by atoms with Crippen LogP contribution in [0.25, 0.3) is 0 Å². The molecule has 0 atom stereocenters. The van der Waals surface area contributed by atoms with Gasteiger partial charge in [-0.1, -0.05) is 36.4 Å². The summed E-state index contributed by atoms with van der Waals surface area (Å²) < 4.78 is 52.7. The van der Waals surface area contributed by atoms with Crippen LogP contribution in [0.5, 0.6) is 0 Å². The number of hydrogen-bond acceptors (Lipinski definition) is 2. The number of likely N-dealkylation sites (tertiary alicyclic amines) is 1. The number of aliphatic hydroxyl groups excluding tert-OH is 1. The highest BCUT2D eigenvalue weighted by molar-refractivity contribution is 5.33. The highest BCUT2D eigenvalue weighted by Gasteiger charge is 2.39. The summed E-state index contributed by atoms with van der Waals surface area (Å²) in [5, 5.41) is 9.92. The van der Waals surface area contributed by atoms with E-state index in [-0.39, 0.29) is 12.2 Å². The molecule has 0 radical (unpaired) electrons. The first-order valence-corrected chi connectivity index (χ1v) is 8.58. The average Bonchev–Trinajstić information content (AvgIpc) is 2.63. The van der Waals surface area contributed by atoms with Gasteiger partial charge in [-0.15, -0.1) is 0 Å². The lowest BCUT2D eigenvalue weighted by Crippen LogP contribution is -2.45. The number of piperidine rings is 1. The molecule has 0 bridgehead atoms. The largest absolute Gasteiger partial charge is 0.416 e. The predicted octanol–water partition coefficient (Wildman–Crippen LogP) is 4.37. The van der Waals surface area contributed by atoms with Crippen molar-refractivity contribution in [1.82, 2.24) is 4.90 Å². The number of rotatable bonds is 4. The third kappa shape index (κ3) is 3.91. The molecular weight excluding hydrogens is 346 g/mol. The fourth-order valence-corrected chi connectivity index (χ4v) is 3.61. The summed E-state index contributed by atoms with van der Waals surface area (Å²) in [4.78, 5) is 2.21. The van der Waals surface area contributed by atoms with E-state index in [9.17, 15) is 22.7 Å². The van der Waals surface area contributed by atoms with Crippen molar-refractivity contribution in [2.75, 3.05) is 19.7 Å². The van der Waals surface area contributed by atoms with Crippen LogP contribution in [0.15, 0.2) is 48.5 Å². The van der Waals surface area contributed by atoms with Gasteiger partial charge in [-0.05, 0) is 49.2 Å². The van der Waals surface area contributed by atoms with Crippen molar-refractivity contribution in [3.63, 3.8) is 0 Å². The van der Waals surface area contributed by atoms with Gasteiger partial charge < -0.3 is 5.11 Å². The molecule has 0 amide bonds. The average molecular weight is 367 g/mol. The molecule has 1 N–H and O–H groups in total. The van der Waals surface area contributed by atoms with Crippen LogP contribution in [0, 0.1) is 5.82 Å². The molecule has 0 spiro atoms. The summed E-state index contributed by atoms with van der Waals surface area (Å²) in [6.07, 6.45) is -3.58. The predicted molar refractivity (Wildman–Crippen MR) is 91.1 cm³/mol. The Balaban J connectivity index is 1.75. The Hall–Kier alpha value is -1.92.